The molecule has 1 fully saturated rings. The summed E-state index contributed by atoms with van der Waals surface area (Å²) in [6.45, 7) is 1.17. The Balaban J connectivity index is 2.03. The number of aliphatic hydroxyl groups excluding tert-OH is 3. The standard InChI is InChI=1S/C13H17N5O6/c1-2-6(20)15-13-16-10-7(11(23)17-13)14-4-18(10)12-9(22)8(21)5(3-19)24-12/h4-5,8-9,12,19,21-22H,2-3H2,1H3,(H2,15,16,17,20,23)/t5-,8-,9-,12-/m1/s1. The lowest BCUT2D eigenvalue weighted by Crippen LogP contribution is -2.33. The molecule has 0 aliphatic carbocycles. The molecule has 0 saturated carbocycles. The SMILES string of the molecule is CCC(=O)Nc1nc2c(ncn2[C@@H]2O[C@H](CO)[C@@H](O)[C@H]2O)c(=O)[nH]1. The highest BCUT2D eigenvalue weighted by atomic mass is 16.6. The third-order valence-corrected chi connectivity index (χ3v) is 3.80. The Bertz CT molecular complexity index is 817. The molecule has 3 heterocycles. The Morgan fingerprint density at radius 1 is 1.46 bits per heavy atom. The average molecular weight is 339 g/mol. The number of nitrogens with zero attached hydrogens (tertiary/aromatic N) is 3. The second kappa shape index (κ2) is 6.28. The number of imidazole rings is 1. The number of nitrogens with one attached hydrogen (secondary N) is 2. The molecule has 1 aliphatic rings. The minimum absolute atomic E-state index is 0.0118. The van der Waals surface area contributed by atoms with Crippen LogP contribution in [0.2, 0.25) is 0 Å². The normalized spacial score (nSPS) is 26.8. The van der Waals surface area contributed by atoms with E-state index in [1.54, 1.807) is 6.92 Å². The predicted octanol–water partition coefficient (Wildman–Crippen LogP) is -1.92. The van der Waals surface area contributed by atoms with Gasteiger partial charge in [-0.15, -0.1) is 0 Å². The Morgan fingerprint density at radius 2 is 2.21 bits per heavy atom. The van der Waals surface area contributed by atoms with Gasteiger partial charge < -0.3 is 20.1 Å². The number of hydrogen-bond donors (Lipinski definition) is 5. The summed E-state index contributed by atoms with van der Waals surface area (Å²) in [7, 11) is 0. The maximum atomic E-state index is 12.0. The zero-order chi connectivity index (χ0) is 17.4. The monoisotopic (exact) mass is 339 g/mol. The van der Waals surface area contributed by atoms with Crippen molar-refractivity contribution >= 4 is 23.0 Å². The number of rotatable bonds is 4. The van der Waals surface area contributed by atoms with Crippen LogP contribution < -0.4 is 10.9 Å². The van der Waals surface area contributed by atoms with Crippen LogP contribution in [0.1, 0.15) is 19.6 Å². The molecule has 0 aromatic carbocycles. The molecule has 1 aliphatic heterocycles. The van der Waals surface area contributed by atoms with E-state index in [0.29, 0.717) is 0 Å². The molecular formula is C13H17N5O6. The van der Waals surface area contributed by atoms with Gasteiger partial charge in [-0.25, -0.2) is 4.98 Å². The molecule has 2 aromatic heterocycles. The number of carbonyl (C=O) groups excluding carboxylic acids is 1. The molecule has 11 nitrogen and oxygen atoms in total. The molecule has 5 N–H and O–H groups in total. The minimum Gasteiger partial charge on any atom is -0.394 e. The maximum Gasteiger partial charge on any atom is 0.280 e. The van der Waals surface area contributed by atoms with Crippen LogP contribution in [-0.4, -0.2) is 65.7 Å². The van der Waals surface area contributed by atoms with E-state index in [9.17, 15) is 19.8 Å². The predicted molar refractivity (Wildman–Crippen MR) is 80.1 cm³/mol. The fraction of sp³-hybridized carbons (Fsp3) is 0.538. The summed E-state index contributed by atoms with van der Waals surface area (Å²) in [6.07, 6.45) is -3.24. The smallest absolute Gasteiger partial charge is 0.280 e. The van der Waals surface area contributed by atoms with Gasteiger partial charge >= 0.3 is 0 Å². The van der Waals surface area contributed by atoms with Crippen molar-refractivity contribution in [2.45, 2.75) is 37.9 Å². The highest BCUT2D eigenvalue weighted by molar-refractivity contribution is 5.89. The van der Waals surface area contributed by atoms with Crippen LogP contribution in [0.15, 0.2) is 11.1 Å². The van der Waals surface area contributed by atoms with Crippen molar-refractivity contribution in [3.8, 4) is 0 Å². The van der Waals surface area contributed by atoms with E-state index in [-0.39, 0.29) is 29.4 Å². The van der Waals surface area contributed by atoms with Gasteiger partial charge in [0.05, 0.1) is 12.9 Å². The topological polar surface area (TPSA) is 163 Å². The zero-order valence-electron chi connectivity index (χ0n) is 12.7. The van der Waals surface area contributed by atoms with Crippen LogP contribution in [0.5, 0.6) is 0 Å². The quantitative estimate of drug-likeness (QED) is 0.430. The fourth-order valence-corrected chi connectivity index (χ4v) is 2.50. The molecule has 0 radical (unpaired) electrons. The van der Waals surface area contributed by atoms with E-state index < -0.39 is 36.7 Å². The molecular weight excluding hydrogens is 322 g/mol. The second-order valence-corrected chi connectivity index (χ2v) is 5.37. The van der Waals surface area contributed by atoms with Gasteiger partial charge in [-0.2, -0.15) is 4.98 Å². The highest BCUT2D eigenvalue weighted by Gasteiger charge is 2.44. The fourth-order valence-electron chi connectivity index (χ4n) is 2.50. The van der Waals surface area contributed by atoms with Crippen molar-refractivity contribution in [1.29, 1.82) is 0 Å². The maximum absolute atomic E-state index is 12.0. The first kappa shape index (κ1) is 16.5. The van der Waals surface area contributed by atoms with E-state index >= 15 is 0 Å². The van der Waals surface area contributed by atoms with Gasteiger partial charge in [0.25, 0.3) is 5.56 Å². The van der Waals surface area contributed by atoms with Crippen molar-refractivity contribution in [3.05, 3.63) is 16.7 Å². The van der Waals surface area contributed by atoms with Gasteiger partial charge in [-0.05, 0) is 0 Å². The van der Waals surface area contributed by atoms with Crippen molar-refractivity contribution in [1.82, 2.24) is 19.5 Å². The van der Waals surface area contributed by atoms with Crippen molar-refractivity contribution < 1.29 is 24.9 Å². The summed E-state index contributed by atoms with van der Waals surface area (Å²) in [6, 6.07) is 0. The Hall–Kier alpha value is -2.34. The molecule has 3 rings (SSSR count). The van der Waals surface area contributed by atoms with Gasteiger partial charge in [0, 0.05) is 6.42 Å². The van der Waals surface area contributed by atoms with Gasteiger partial charge in [0.15, 0.2) is 17.4 Å². The minimum atomic E-state index is -1.34. The summed E-state index contributed by atoms with van der Waals surface area (Å²) in [5, 5.41) is 31.5. The summed E-state index contributed by atoms with van der Waals surface area (Å²) >= 11 is 0. The summed E-state index contributed by atoms with van der Waals surface area (Å²) in [4.78, 5) is 33.9. The number of hydrogen-bond acceptors (Lipinski definition) is 8. The van der Waals surface area contributed by atoms with E-state index in [2.05, 4.69) is 20.3 Å². The lowest BCUT2D eigenvalue weighted by atomic mass is 10.1. The number of ether oxygens (including phenoxy) is 1. The first-order chi connectivity index (χ1) is 11.5. The molecule has 4 atom stereocenters. The van der Waals surface area contributed by atoms with Gasteiger partial charge in [-0.3, -0.25) is 24.5 Å². The molecule has 11 heteroatoms. The van der Waals surface area contributed by atoms with Crippen LogP contribution in [0.25, 0.3) is 11.2 Å². The number of fused-ring (bicyclic) bond motifs is 1. The average Bonchev–Trinajstić information content (AvgIpc) is 3.10. The zero-order valence-corrected chi connectivity index (χ0v) is 12.7. The van der Waals surface area contributed by atoms with Crippen molar-refractivity contribution in [3.63, 3.8) is 0 Å². The van der Waals surface area contributed by atoms with Crippen LogP contribution >= 0.6 is 0 Å². The summed E-state index contributed by atoms with van der Waals surface area (Å²) < 4.78 is 6.68. The van der Waals surface area contributed by atoms with Gasteiger partial charge in [0.2, 0.25) is 11.9 Å². The largest absolute Gasteiger partial charge is 0.394 e. The summed E-state index contributed by atoms with van der Waals surface area (Å²) in [5.41, 5.74) is -0.515. The molecule has 1 saturated heterocycles. The van der Waals surface area contributed by atoms with Crippen LogP contribution in [0.4, 0.5) is 5.95 Å². The lowest BCUT2D eigenvalue weighted by Gasteiger charge is -2.16. The second-order valence-electron chi connectivity index (χ2n) is 5.37. The van der Waals surface area contributed by atoms with E-state index in [0.717, 1.165) is 0 Å². The molecule has 2 aromatic rings. The van der Waals surface area contributed by atoms with Crippen LogP contribution in [-0.2, 0) is 9.53 Å². The van der Waals surface area contributed by atoms with Crippen molar-refractivity contribution in [2.24, 2.45) is 0 Å². The number of carbonyl (C=O) groups is 1. The molecule has 1 amide bonds. The molecule has 130 valence electrons. The van der Waals surface area contributed by atoms with E-state index in [1.165, 1.54) is 10.9 Å². The van der Waals surface area contributed by atoms with Crippen LogP contribution in [0.3, 0.4) is 0 Å². The molecule has 0 spiro atoms. The highest BCUT2D eigenvalue weighted by Crippen LogP contribution is 2.30. The lowest BCUT2D eigenvalue weighted by molar-refractivity contribution is -0.115. The van der Waals surface area contributed by atoms with E-state index in [4.69, 9.17) is 9.84 Å². The summed E-state index contributed by atoms with van der Waals surface area (Å²) in [5.74, 6) is -0.399. The Morgan fingerprint density at radius 3 is 2.83 bits per heavy atom. The third-order valence-electron chi connectivity index (χ3n) is 3.80. The first-order valence-electron chi connectivity index (χ1n) is 7.35. The molecule has 0 unspecified atom stereocenters. The number of aromatic amines is 1. The van der Waals surface area contributed by atoms with Gasteiger partial charge in [-0.1, -0.05) is 6.92 Å². The number of H-pyrrole nitrogens is 1. The third kappa shape index (κ3) is 2.67. The molecule has 24 heavy (non-hydrogen) atoms. The van der Waals surface area contributed by atoms with Gasteiger partial charge in [0.1, 0.15) is 18.3 Å². The Labute approximate surface area is 134 Å². The number of anilines is 1. The Kier molecular flexibility index (Phi) is 4.32. The number of aromatic nitrogens is 4. The number of amides is 1. The van der Waals surface area contributed by atoms with E-state index in [1.807, 2.05) is 0 Å². The van der Waals surface area contributed by atoms with Crippen LogP contribution in [0, 0.1) is 0 Å². The van der Waals surface area contributed by atoms with Crippen molar-refractivity contribution in [2.75, 3.05) is 11.9 Å². The first-order valence-corrected chi connectivity index (χ1v) is 7.35. The number of aliphatic hydroxyl groups is 3. The molecule has 0 bridgehead atoms.